The van der Waals surface area contributed by atoms with E-state index in [9.17, 15) is 5.11 Å². The van der Waals surface area contributed by atoms with Gasteiger partial charge in [-0.05, 0) is 18.4 Å². The number of nitrogens with zero attached hydrogens (tertiary/aromatic N) is 2. The van der Waals surface area contributed by atoms with Gasteiger partial charge in [0.15, 0.2) is 0 Å². The number of fused-ring (bicyclic) bond motifs is 3. The maximum Gasteiger partial charge on any atom is 0.141 e. The summed E-state index contributed by atoms with van der Waals surface area (Å²) in [6.07, 6.45) is 3.53. The van der Waals surface area contributed by atoms with E-state index in [-0.39, 0.29) is 12.5 Å². The van der Waals surface area contributed by atoms with Crippen LogP contribution >= 0.6 is 22.9 Å². The second-order valence-corrected chi connectivity index (χ2v) is 5.14. The summed E-state index contributed by atoms with van der Waals surface area (Å²) < 4.78 is 0. The van der Waals surface area contributed by atoms with Crippen LogP contribution < -0.4 is 0 Å². The highest BCUT2D eigenvalue weighted by Crippen LogP contribution is 2.44. The molecule has 0 saturated heterocycles. The average molecular weight is 241 g/mol. The van der Waals surface area contributed by atoms with E-state index in [1.54, 1.807) is 11.3 Å². The van der Waals surface area contributed by atoms with Crippen LogP contribution in [-0.4, -0.2) is 21.7 Å². The molecule has 1 aliphatic rings. The van der Waals surface area contributed by atoms with Gasteiger partial charge in [0.1, 0.15) is 16.3 Å². The van der Waals surface area contributed by atoms with Crippen molar-refractivity contribution in [3.05, 3.63) is 21.9 Å². The minimum absolute atomic E-state index is 0.185. The van der Waals surface area contributed by atoms with Gasteiger partial charge in [-0.25, -0.2) is 9.97 Å². The Morgan fingerprint density at radius 1 is 1.53 bits per heavy atom. The quantitative estimate of drug-likeness (QED) is 0.779. The van der Waals surface area contributed by atoms with Crippen LogP contribution in [0.3, 0.4) is 0 Å². The zero-order chi connectivity index (χ0) is 10.4. The predicted molar refractivity (Wildman–Crippen MR) is 60.6 cm³/mol. The van der Waals surface area contributed by atoms with Crippen LogP contribution in [0.5, 0.6) is 0 Å². The first-order valence-electron chi connectivity index (χ1n) is 4.84. The molecule has 5 heteroatoms. The van der Waals surface area contributed by atoms with Crippen molar-refractivity contribution in [1.29, 1.82) is 0 Å². The van der Waals surface area contributed by atoms with Gasteiger partial charge < -0.3 is 5.11 Å². The van der Waals surface area contributed by atoms with Crippen LogP contribution in [0.2, 0.25) is 5.15 Å². The Hall–Kier alpha value is -0.710. The van der Waals surface area contributed by atoms with Crippen LogP contribution in [-0.2, 0) is 6.42 Å². The van der Waals surface area contributed by atoms with Gasteiger partial charge in [0.25, 0.3) is 0 Å². The van der Waals surface area contributed by atoms with Crippen LogP contribution in [0.1, 0.15) is 22.8 Å². The standard InChI is InChI=1S/C10H9ClN2OS/c11-9-8-7-5(3-14)1-2-6(7)15-10(8)13-4-12-9/h4-5,14H,1-3H2. The molecule has 0 amide bonds. The zero-order valence-electron chi connectivity index (χ0n) is 7.90. The van der Waals surface area contributed by atoms with Gasteiger partial charge in [-0.1, -0.05) is 11.6 Å². The molecule has 1 unspecified atom stereocenters. The van der Waals surface area contributed by atoms with E-state index in [0.717, 1.165) is 23.1 Å². The fourth-order valence-electron chi connectivity index (χ4n) is 2.21. The molecular formula is C10H9ClN2OS. The lowest BCUT2D eigenvalue weighted by Gasteiger charge is -2.06. The number of aryl methyl sites for hydroxylation is 1. The molecule has 2 aromatic heterocycles. The zero-order valence-corrected chi connectivity index (χ0v) is 9.48. The molecular weight excluding hydrogens is 232 g/mol. The topological polar surface area (TPSA) is 46.0 Å². The van der Waals surface area contributed by atoms with Crippen molar-refractivity contribution in [3.8, 4) is 0 Å². The molecule has 0 radical (unpaired) electrons. The van der Waals surface area contributed by atoms with E-state index in [4.69, 9.17) is 11.6 Å². The number of hydrogen-bond acceptors (Lipinski definition) is 4. The molecule has 0 spiro atoms. The fourth-order valence-corrected chi connectivity index (χ4v) is 3.75. The van der Waals surface area contributed by atoms with Gasteiger partial charge >= 0.3 is 0 Å². The molecule has 0 bridgehead atoms. The van der Waals surface area contributed by atoms with Crippen LogP contribution in [0.15, 0.2) is 6.33 Å². The lowest BCUT2D eigenvalue weighted by molar-refractivity contribution is 0.265. The third kappa shape index (κ3) is 1.29. The number of rotatable bonds is 1. The first-order valence-corrected chi connectivity index (χ1v) is 6.03. The van der Waals surface area contributed by atoms with Gasteiger partial charge in [-0.3, -0.25) is 0 Å². The maximum absolute atomic E-state index is 9.30. The molecule has 0 saturated carbocycles. The average Bonchev–Trinajstić information content (AvgIpc) is 2.75. The smallest absolute Gasteiger partial charge is 0.141 e. The number of halogens is 1. The third-order valence-corrected chi connectivity index (χ3v) is 4.36. The van der Waals surface area contributed by atoms with Crippen LogP contribution in [0.25, 0.3) is 10.2 Å². The summed E-state index contributed by atoms with van der Waals surface area (Å²) in [5, 5.41) is 10.8. The highest BCUT2D eigenvalue weighted by Gasteiger charge is 2.28. The molecule has 3 rings (SSSR count). The third-order valence-electron chi connectivity index (χ3n) is 2.90. The summed E-state index contributed by atoms with van der Waals surface area (Å²) in [6, 6.07) is 0. The Kier molecular flexibility index (Phi) is 2.16. The first-order chi connectivity index (χ1) is 7.31. The Balaban J connectivity index is 2.34. The summed E-state index contributed by atoms with van der Waals surface area (Å²) in [5.74, 6) is 0.220. The minimum atomic E-state index is 0.185. The number of thiophene rings is 1. The Bertz CT molecular complexity index is 525. The summed E-state index contributed by atoms with van der Waals surface area (Å²) in [4.78, 5) is 10.5. The van der Waals surface area contributed by atoms with E-state index in [1.807, 2.05) is 0 Å². The van der Waals surface area contributed by atoms with Crippen molar-refractivity contribution in [3.63, 3.8) is 0 Å². The largest absolute Gasteiger partial charge is 0.396 e. The molecule has 1 aliphatic carbocycles. The molecule has 2 aromatic rings. The van der Waals surface area contributed by atoms with E-state index < -0.39 is 0 Å². The van der Waals surface area contributed by atoms with Crippen molar-refractivity contribution < 1.29 is 5.11 Å². The number of aliphatic hydroxyl groups excluding tert-OH is 1. The van der Waals surface area contributed by atoms with E-state index in [1.165, 1.54) is 16.8 Å². The van der Waals surface area contributed by atoms with E-state index >= 15 is 0 Å². The molecule has 1 atom stereocenters. The van der Waals surface area contributed by atoms with Crippen molar-refractivity contribution in [1.82, 2.24) is 9.97 Å². The molecule has 0 fully saturated rings. The molecule has 2 heterocycles. The Morgan fingerprint density at radius 2 is 2.40 bits per heavy atom. The normalized spacial score (nSPS) is 19.7. The highest BCUT2D eigenvalue weighted by molar-refractivity contribution is 7.19. The monoisotopic (exact) mass is 240 g/mol. The Morgan fingerprint density at radius 3 is 3.20 bits per heavy atom. The first kappa shape index (κ1) is 9.51. The predicted octanol–water partition coefficient (Wildman–Crippen LogP) is 2.37. The molecule has 3 nitrogen and oxygen atoms in total. The van der Waals surface area contributed by atoms with Crippen molar-refractivity contribution in [2.75, 3.05) is 6.61 Å². The van der Waals surface area contributed by atoms with E-state index in [0.29, 0.717) is 5.15 Å². The van der Waals surface area contributed by atoms with Crippen LogP contribution in [0.4, 0.5) is 0 Å². The van der Waals surface area contributed by atoms with Crippen molar-refractivity contribution in [2.24, 2.45) is 0 Å². The molecule has 0 aromatic carbocycles. The van der Waals surface area contributed by atoms with Gasteiger partial charge in [0, 0.05) is 10.8 Å². The number of aliphatic hydroxyl groups is 1. The summed E-state index contributed by atoms with van der Waals surface area (Å²) >= 11 is 7.75. The van der Waals surface area contributed by atoms with Crippen molar-refractivity contribution in [2.45, 2.75) is 18.8 Å². The molecule has 1 N–H and O–H groups in total. The maximum atomic E-state index is 9.30. The highest BCUT2D eigenvalue weighted by atomic mass is 35.5. The minimum Gasteiger partial charge on any atom is -0.396 e. The molecule has 78 valence electrons. The summed E-state index contributed by atoms with van der Waals surface area (Å²) in [5.41, 5.74) is 1.18. The lowest BCUT2D eigenvalue weighted by Crippen LogP contribution is -1.99. The van der Waals surface area contributed by atoms with Crippen molar-refractivity contribution >= 4 is 33.2 Å². The number of hydrogen-bond donors (Lipinski definition) is 1. The van der Waals surface area contributed by atoms with Gasteiger partial charge in [0.2, 0.25) is 0 Å². The fraction of sp³-hybridized carbons (Fsp3) is 0.400. The van der Waals surface area contributed by atoms with Gasteiger partial charge in [-0.15, -0.1) is 11.3 Å². The lowest BCUT2D eigenvalue weighted by atomic mass is 10.0. The SMILES string of the molecule is OCC1CCc2sc3ncnc(Cl)c3c21. The number of aromatic nitrogens is 2. The van der Waals surface area contributed by atoms with Gasteiger partial charge in [0.05, 0.1) is 12.0 Å². The molecule has 15 heavy (non-hydrogen) atoms. The summed E-state index contributed by atoms with van der Waals surface area (Å²) in [7, 11) is 0. The second-order valence-electron chi connectivity index (χ2n) is 3.70. The van der Waals surface area contributed by atoms with Crippen LogP contribution in [0, 0.1) is 0 Å². The summed E-state index contributed by atoms with van der Waals surface area (Å²) in [6.45, 7) is 0.185. The molecule has 0 aliphatic heterocycles. The van der Waals surface area contributed by atoms with Gasteiger partial charge in [-0.2, -0.15) is 0 Å². The second kappa shape index (κ2) is 3.40. The Labute approximate surface area is 95.7 Å². The van der Waals surface area contributed by atoms with E-state index in [2.05, 4.69) is 9.97 Å².